The number of hydrogen-bond acceptors (Lipinski definition) is 4. The largest absolute Gasteiger partial charge is 0.378 e. The number of rotatable bonds is 7. The third-order valence-electron chi connectivity index (χ3n) is 4.39. The van der Waals surface area contributed by atoms with Gasteiger partial charge in [0.25, 0.3) is 10.0 Å². The van der Waals surface area contributed by atoms with E-state index in [1.165, 1.54) is 11.1 Å². The highest BCUT2D eigenvalue weighted by Crippen LogP contribution is 2.31. The van der Waals surface area contributed by atoms with Crippen LogP contribution in [0, 0.1) is 6.92 Å². The number of aldehydes is 1. The first-order valence-electron chi connectivity index (χ1n) is 8.36. The van der Waals surface area contributed by atoms with Crippen molar-refractivity contribution < 1.29 is 17.9 Å². The monoisotopic (exact) mass is 371 g/mol. The van der Waals surface area contributed by atoms with Gasteiger partial charge in [0.15, 0.2) is 0 Å². The Morgan fingerprint density at radius 3 is 2.42 bits per heavy atom. The van der Waals surface area contributed by atoms with Gasteiger partial charge in [-0.05, 0) is 37.1 Å². The van der Waals surface area contributed by atoms with E-state index in [0.29, 0.717) is 24.1 Å². The molecule has 0 aliphatic heterocycles. The van der Waals surface area contributed by atoms with Crippen molar-refractivity contribution in [2.45, 2.75) is 31.3 Å². The number of aryl methyl sites for hydroxylation is 2. The molecule has 0 unspecified atom stereocenters. The third kappa shape index (κ3) is 3.18. The molecule has 1 aromatic heterocycles. The standard InChI is InChI=1S/C20H21NO4S/c1-15-9-11-16(12-10-15)26(23,24)21-19-8-4-3-6-17(19)18(7-5-13-22)20(21)14-25-2/h3-4,6,8-13H,5,7,14H2,1-2H3. The van der Waals surface area contributed by atoms with Crippen LogP contribution < -0.4 is 0 Å². The van der Waals surface area contributed by atoms with Crippen molar-refractivity contribution >= 4 is 27.2 Å². The Kier molecular flexibility index (Phi) is 5.25. The minimum Gasteiger partial charge on any atom is -0.378 e. The first kappa shape index (κ1) is 18.4. The predicted molar refractivity (Wildman–Crippen MR) is 101 cm³/mol. The first-order valence-corrected chi connectivity index (χ1v) is 9.80. The van der Waals surface area contributed by atoms with Crippen molar-refractivity contribution in [1.82, 2.24) is 3.97 Å². The van der Waals surface area contributed by atoms with Gasteiger partial charge in [0.2, 0.25) is 0 Å². The molecule has 6 heteroatoms. The van der Waals surface area contributed by atoms with E-state index in [9.17, 15) is 13.2 Å². The van der Waals surface area contributed by atoms with Crippen LogP contribution in [0.2, 0.25) is 0 Å². The summed E-state index contributed by atoms with van der Waals surface area (Å²) >= 11 is 0. The second-order valence-corrected chi connectivity index (χ2v) is 7.95. The number of fused-ring (bicyclic) bond motifs is 1. The van der Waals surface area contributed by atoms with E-state index in [0.717, 1.165) is 22.8 Å². The van der Waals surface area contributed by atoms with Gasteiger partial charge in [0.05, 0.1) is 22.7 Å². The fraction of sp³-hybridized carbons (Fsp3) is 0.250. The molecule has 2 aromatic carbocycles. The zero-order chi connectivity index (χ0) is 18.7. The maximum absolute atomic E-state index is 13.4. The maximum atomic E-state index is 13.4. The Morgan fingerprint density at radius 2 is 1.77 bits per heavy atom. The molecule has 0 fully saturated rings. The van der Waals surface area contributed by atoms with Crippen LogP contribution in [0.4, 0.5) is 0 Å². The van der Waals surface area contributed by atoms with Crippen molar-refractivity contribution in [3.63, 3.8) is 0 Å². The van der Waals surface area contributed by atoms with Crippen LogP contribution in [0.3, 0.4) is 0 Å². The Labute approximate surface area is 153 Å². The summed E-state index contributed by atoms with van der Waals surface area (Å²) < 4.78 is 33.4. The van der Waals surface area contributed by atoms with E-state index in [1.807, 2.05) is 25.1 Å². The summed E-state index contributed by atoms with van der Waals surface area (Å²) in [5.74, 6) is 0. The van der Waals surface area contributed by atoms with Crippen LogP contribution in [-0.4, -0.2) is 25.8 Å². The topological polar surface area (TPSA) is 65.4 Å². The minimum absolute atomic E-state index is 0.147. The number of carbonyl (C=O) groups is 1. The van der Waals surface area contributed by atoms with Gasteiger partial charge in [-0.25, -0.2) is 12.4 Å². The summed E-state index contributed by atoms with van der Waals surface area (Å²) in [6.07, 6.45) is 1.64. The van der Waals surface area contributed by atoms with Gasteiger partial charge in [0.1, 0.15) is 6.29 Å². The molecule has 0 aliphatic carbocycles. The maximum Gasteiger partial charge on any atom is 0.268 e. The van der Waals surface area contributed by atoms with Crippen molar-refractivity contribution in [1.29, 1.82) is 0 Å². The molecular weight excluding hydrogens is 350 g/mol. The molecular formula is C20H21NO4S. The Hall–Kier alpha value is -2.44. The highest BCUT2D eigenvalue weighted by molar-refractivity contribution is 7.90. The predicted octanol–water partition coefficient (Wildman–Crippen LogP) is 3.46. The molecule has 0 saturated heterocycles. The Morgan fingerprint density at radius 1 is 1.08 bits per heavy atom. The van der Waals surface area contributed by atoms with Gasteiger partial charge in [-0.15, -0.1) is 0 Å². The number of nitrogens with zero attached hydrogens (tertiary/aromatic N) is 1. The van der Waals surface area contributed by atoms with Crippen molar-refractivity contribution in [2.75, 3.05) is 7.11 Å². The quantitative estimate of drug-likeness (QED) is 0.597. The molecule has 0 amide bonds. The van der Waals surface area contributed by atoms with Crippen LogP contribution in [-0.2, 0) is 32.6 Å². The smallest absolute Gasteiger partial charge is 0.268 e. The van der Waals surface area contributed by atoms with E-state index in [-0.39, 0.29) is 11.5 Å². The van der Waals surface area contributed by atoms with E-state index < -0.39 is 10.0 Å². The molecule has 136 valence electrons. The van der Waals surface area contributed by atoms with Gasteiger partial charge in [-0.3, -0.25) is 0 Å². The fourth-order valence-electron chi connectivity index (χ4n) is 3.18. The van der Waals surface area contributed by atoms with Gasteiger partial charge in [-0.2, -0.15) is 0 Å². The molecule has 0 spiro atoms. The molecule has 26 heavy (non-hydrogen) atoms. The van der Waals surface area contributed by atoms with Crippen LogP contribution >= 0.6 is 0 Å². The lowest BCUT2D eigenvalue weighted by Crippen LogP contribution is -2.17. The number of aromatic nitrogens is 1. The second kappa shape index (κ2) is 7.43. The Balaban J connectivity index is 2.32. The van der Waals surface area contributed by atoms with Crippen LogP contribution in [0.5, 0.6) is 0 Å². The summed E-state index contributed by atoms with van der Waals surface area (Å²) in [6, 6.07) is 14.1. The SMILES string of the molecule is COCc1c(CCC=O)c2ccccc2n1S(=O)(=O)c1ccc(C)cc1. The Bertz CT molecular complexity index is 1030. The average Bonchev–Trinajstić information content (AvgIpc) is 2.94. The van der Waals surface area contributed by atoms with E-state index in [1.54, 1.807) is 30.3 Å². The van der Waals surface area contributed by atoms with Gasteiger partial charge >= 0.3 is 0 Å². The first-order chi connectivity index (χ1) is 12.5. The van der Waals surface area contributed by atoms with E-state index in [4.69, 9.17) is 4.74 Å². The molecule has 0 N–H and O–H groups in total. The molecule has 0 atom stereocenters. The molecule has 3 aromatic rings. The summed E-state index contributed by atoms with van der Waals surface area (Å²) in [6.45, 7) is 2.06. The molecule has 3 rings (SSSR count). The zero-order valence-corrected chi connectivity index (χ0v) is 15.6. The van der Waals surface area contributed by atoms with Crippen molar-refractivity contribution in [3.05, 3.63) is 65.4 Å². The number of benzene rings is 2. The van der Waals surface area contributed by atoms with Crippen LogP contribution in [0.1, 0.15) is 23.2 Å². The normalized spacial score (nSPS) is 11.8. The highest BCUT2D eigenvalue weighted by Gasteiger charge is 2.26. The van der Waals surface area contributed by atoms with E-state index >= 15 is 0 Å². The number of methoxy groups -OCH3 is 1. The van der Waals surface area contributed by atoms with Gasteiger partial charge < -0.3 is 9.53 Å². The zero-order valence-electron chi connectivity index (χ0n) is 14.8. The number of ether oxygens (including phenoxy) is 1. The average molecular weight is 371 g/mol. The summed E-state index contributed by atoms with van der Waals surface area (Å²) in [5.41, 5.74) is 2.99. The lowest BCUT2D eigenvalue weighted by molar-refractivity contribution is -0.107. The van der Waals surface area contributed by atoms with E-state index in [2.05, 4.69) is 0 Å². The summed E-state index contributed by atoms with van der Waals surface area (Å²) in [4.78, 5) is 11.1. The molecule has 0 bridgehead atoms. The molecule has 0 saturated carbocycles. The van der Waals surface area contributed by atoms with Crippen molar-refractivity contribution in [3.8, 4) is 0 Å². The second-order valence-electron chi connectivity index (χ2n) is 6.16. The minimum atomic E-state index is -3.79. The molecule has 0 radical (unpaired) electrons. The lowest BCUT2D eigenvalue weighted by atomic mass is 10.1. The van der Waals surface area contributed by atoms with Crippen molar-refractivity contribution in [2.24, 2.45) is 0 Å². The highest BCUT2D eigenvalue weighted by atomic mass is 32.2. The summed E-state index contributed by atoms with van der Waals surface area (Å²) in [5, 5.41) is 0.831. The number of para-hydroxylation sites is 1. The van der Waals surface area contributed by atoms with Crippen LogP contribution in [0.25, 0.3) is 10.9 Å². The molecule has 0 aliphatic rings. The van der Waals surface area contributed by atoms with Gasteiger partial charge in [0, 0.05) is 18.9 Å². The number of carbonyl (C=O) groups excluding carboxylic acids is 1. The lowest BCUT2D eigenvalue weighted by Gasteiger charge is -2.13. The molecule has 5 nitrogen and oxygen atoms in total. The molecule has 1 heterocycles. The fourth-order valence-corrected chi connectivity index (χ4v) is 4.75. The summed E-state index contributed by atoms with van der Waals surface area (Å²) in [7, 11) is -2.26. The third-order valence-corrected chi connectivity index (χ3v) is 6.16. The number of hydrogen-bond donors (Lipinski definition) is 0. The van der Waals surface area contributed by atoms with Gasteiger partial charge in [-0.1, -0.05) is 35.9 Å². The van der Waals surface area contributed by atoms with Crippen LogP contribution in [0.15, 0.2) is 53.4 Å².